The number of nitrogens with zero attached hydrogens (tertiary/aromatic N) is 1. The van der Waals surface area contributed by atoms with Gasteiger partial charge >= 0.3 is 0 Å². The predicted molar refractivity (Wildman–Crippen MR) is 114 cm³/mol. The van der Waals surface area contributed by atoms with Crippen molar-refractivity contribution in [2.75, 3.05) is 6.54 Å². The summed E-state index contributed by atoms with van der Waals surface area (Å²) in [7, 11) is 0. The summed E-state index contributed by atoms with van der Waals surface area (Å²) in [5, 5.41) is 0. The molecule has 4 bridgehead atoms. The van der Waals surface area contributed by atoms with Crippen LogP contribution in [0.4, 0.5) is 0 Å². The second-order valence-electron chi connectivity index (χ2n) is 12.0. The summed E-state index contributed by atoms with van der Waals surface area (Å²) in [5.74, 6) is 8.44. The van der Waals surface area contributed by atoms with Gasteiger partial charge in [0.25, 0.3) is 0 Å². The van der Waals surface area contributed by atoms with Crippen LogP contribution in [0.2, 0.25) is 0 Å². The molecule has 3 heterocycles. The van der Waals surface area contributed by atoms with E-state index in [0.717, 1.165) is 18.8 Å². The van der Waals surface area contributed by atoms with Crippen LogP contribution in [0.15, 0.2) is 23.3 Å². The number of rotatable bonds is 0. The molecule has 0 aromatic carbocycles. The van der Waals surface area contributed by atoms with Gasteiger partial charge in [-0.05, 0) is 63.2 Å². The van der Waals surface area contributed by atoms with E-state index >= 15 is 0 Å². The first-order chi connectivity index (χ1) is 13.4. The Morgan fingerprint density at radius 1 is 1.11 bits per heavy atom. The predicted octanol–water partition coefficient (Wildman–Crippen LogP) is 5.87. The minimum absolute atomic E-state index is 0.340. The van der Waals surface area contributed by atoms with E-state index in [4.69, 9.17) is 0 Å². The Labute approximate surface area is 171 Å². The molecular formula is C27H35N. The summed E-state index contributed by atoms with van der Waals surface area (Å²) < 4.78 is 0. The molecule has 8 unspecified atom stereocenters. The third-order valence-electron chi connectivity index (χ3n) is 11.9. The summed E-state index contributed by atoms with van der Waals surface area (Å²) in [6.45, 7) is 9.10. The fourth-order valence-electron chi connectivity index (χ4n) is 10.4. The van der Waals surface area contributed by atoms with Crippen molar-refractivity contribution in [1.29, 1.82) is 0 Å². The molecule has 148 valence electrons. The van der Waals surface area contributed by atoms with Crippen LogP contribution in [-0.2, 0) is 0 Å². The normalized spacial score (nSPS) is 59.9. The highest BCUT2D eigenvalue weighted by Gasteiger charge is 2.78. The van der Waals surface area contributed by atoms with Crippen LogP contribution < -0.4 is 0 Å². The zero-order valence-corrected chi connectivity index (χ0v) is 18.0. The molecule has 8 rings (SSSR count). The van der Waals surface area contributed by atoms with E-state index in [9.17, 15) is 0 Å². The van der Waals surface area contributed by atoms with Crippen molar-refractivity contribution < 1.29 is 0 Å². The van der Waals surface area contributed by atoms with E-state index in [1.807, 2.05) is 5.57 Å². The summed E-state index contributed by atoms with van der Waals surface area (Å²) in [6.07, 6.45) is 18.8. The van der Waals surface area contributed by atoms with Crippen molar-refractivity contribution in [1.82, 2.24) is 4.90 Å². The molecule has 0 aromatic heterocycles. The Morgan fingerprint density at radius 2 is 1.96 bits per heavy atom. The molecule has 0 radical (unpaired) electrons. The van der Waals surface area contributed by atoms with Crippen LogP contribution >= 0.6 is 0 Å². The van der Waals surface area contributed by atoms with E-state index in [1.54, 1.807) is 5.57 Å². The third kappa shape index (κ3) is 1.41. The van der Waals surface area contributed by atoms with Gasteiger partial charge in [0.2, 0.25) is 0 Å². The van der Waals surface area contributed by atoms with Gasteiger partial charge in [-0.3, -0.25) is 4.90 Å². The van der Waals surface area contributed by atoms with E-state index in [2.05, 4.69) is 49.7 Å². The minimum Gasteiger partial charge on any atom is -0.287 e. The van der Waals surface area contributed by atoms with Gasteiger partial charge in [-0.1, -0.05) is 43.6 Å². The van der Waals surface area contributed by atoms with Gasteiger partial charge in [0, 0.05) is 47.2 Å². The number of allylic oxidation sites excluding steroid dienone is 2. The quantitative estimate of drug-likeness (QED) is 0.291. The maximum Gasteiger partial charge on any atom is 0.0443 e. The Bertz CT molecular complexity index is 914. The highest BCUT2D eigenvalue weighted by atomic mass is 15.4. The zero-order chi connectivity index (χ0) is 19.0. The number of hydrogen-bond donors (Lipinski definition) is 0. The van der Waals surface area contributed by atoms with Crippen molar-refractivity contribution in [3.63, 3.8) is 0 Å². The Hall–Kier alpha value is -1.00. The van der Waals surface area contributed by atoms with Gasteiger partial charge in [-0.2, -0.15) is 0 Å². The zero-order valence-electron chi connectivity index (χ0n) is 18.0. The molecule has 1 nitrogen and oxygen atoms in total. The molecule has 0 amide bonds. The van der Waals surface area contributed by atoms with Gasteiger partial charge in [-0.25, -0.2) is 0 Å². The Morgan fingerprint density at radius 3 is 2.86 bits per heavy atom. The molecule has 4 fully saturated rings. The van der Waals surface area contributed by atoms with Crippen LogP contribution in [0.3, 0.4) is 0 Å². The van der Waals surface area contributed by atoms with Crippen LogP contribution in [0.25, 0.3) is 0 Å². The molecule has 3 saturated carbocycles. The second kappa shape index (κ2) is 4.67. The molecule has 28 heavy (non-hydrogen) atoms. The molecule has 1 saturated heterocycles. The van der Waals surface area contributed by atoms with Gasteiger partial charge in [0.15, 0.2) is 0 Å². The van der Waals surface area contributed by atoms with Gasteiger partial charge < -0.3 is 0 Å². The SMILES string of the molecule is CC1=C2CC34CCC(C)C2(CC1)C3(C)CC#CCC12C=CC4N3CC31CCC2. The lowest BCUT2D eigenvalue weighted by Crippen LogP contribution is -2.59. The largest absolute Gasteiger partial charge is 0.287 e. The van der Waals surface area contributed by atoms with E-state index < -0.39 is 0 Å². The first-order valence-electron chi connectivity index (χ1n) is 12.1. The maximum atomic E-state index is 3.84. The molecule has 0 N–H and O–H groups in total. The monoisotopic (exact) mass is 373 g/mol. The lowest BCUT2D eigenvalue weighted by Gasteiger charge is -2.61. The number of fused-ring (bicyclic) bond motifs is 2. The van der Waals surface area contributed by atoms with Crippen LogP contribution in [0.1, 0.15) is 85.0 Å². The van der Waals surface area contributed by atoms with Crippen molar-refractivity contribution >= 4 is 0 Å². The van der Waals surface area contributed by atoms with Crippen LogP contribution in [-0.4, -0.2) is 23.0 Å². The first-order valence-corrected chi connectivity index (χ1v) is 12.1. The smallest absolute Gasteiger partial charge is 0.0443 e. The fraction of sp³-hybridized carbons (Fsp3) is 0.778. The van der Waals surface area contributed by atoms with E-state index in [1.165, 1.54) is 57.9 Å². The van der Waals surface area contributed by atoms with Crippen molar-refractivity contribution in [2.45, 2.75) is 96.6 Å². The standard InChI is InChI=1S/C27H35N/c1-19-7-16-27-20(2)8-15-25(17-21(19)27)22-9-14-24(11-5-4-10-23(25,27)3)12-6-13-26(24)18-28(22)26/h9,14,20,22H,6-8,10-13,15-18H2,1-3H3. The van der Waals surface area contributed by atoms with Crippen molar-refractivity contribution in [3.05, 3.63) is 23.3 Å². The Balaban J connectivity index is 1.49. The molecule has 8 aliphatic rings. The highest BCUT2D eigenvalue weighted by molar-refractivity contribution is 5.47. The molecule has 8 atom stereocenters. The van der Waals surface area contributed by atoms with Crippen molar-refractivity contribution in [3.8, 4) is 11.8 Å². The third-order valence-corrected chi connectivity index (χ3v) is 11.9. The lowest BCUT2D eigenvalue weighted by molar-refractivity contribution is -0.108. The highest BCUT2D eigenvalue weighted by Crippen LogP contribution is 2.81. The lowest BCUT2D eigenvalue weighted by atomic mass is 9.44. The van der Waals surface area contributed by atoms with Crippen molar-refractivity contribution in [2.24, 2.45) is 27.6 Å². The molecule has 0 aromatic rings. The molecule has 1 heteroatoms. The molecule has 3 aliphatic heterocycles. The summed E-state index contributed by atoms with van der Waals surface area (Å²) in [4.78, 5) is 3.01. The van der Waals surface area contributed by atoms with E-state index in [-0.39, 0.29) is 0 Å². The summed E-state index contributed by atoms with van der Waals surface area (Å²) in [5.41, 5.74) is 5.69. The minimum atomic E-state index is 0.340. The van der Waals surface area contributed by atoms with Crippen LogP contribution in [0.5, 0.6) is 0 Å². The van der Waals surface area contributed by atoms with Crippen LogP contribution in [0, 0.1) is 39.4 Å². The molecule has 3 spiro atoms. The second-order valence-corrected chi connectivity index (χ2v) is 12.0. The molecular weight excluding hydrogens is 338 g/mol. The summed E-state index contributed by atoms with van der Waals surface area (Å²) >= 11 is 0. The average Bonchev–Trinajstić information content (AvgIpc) is 3.14. The molecule has 5 aliphatic carbocycles. The van der Waals surface area contributed by atoms with E-state index in [0.29, 0.717) is 33.2 Å². The van der Waals surface area contributed by atoms with Gasteiger partial charge in [0.1, 0.15) is 0 Å². The summed E-state index contributed by atoms with van der Waals surface area (Å²) in [6, 6.07) is 0.666. The average molecular weight is 374 g/mol. The maximum absolute atomic E-state index is 3.84. The van der Waals surface area contributed by atoms with Gasteiger partial charge in [0.05, 0.1) is 0 Å². The number of hydrogen-bond acceptors (Lipinski definition) is 1. The topological polar surface area (TPSA) is 3.01 Å². The first kappa shape index (κ1) is 16.8. The van der Waals surface area contributed by atoms with Gasteiger partial charge in [-0.15, -0.1) is 11.8 Å². The Kier molecular flexibility index (Phi) is 2.79. The fourth-order valence-corrected chi connectivity index (χ4v) is 10.4.